The molecule has 1 saturated heterocycles. The van der Waals surface area contributed by atoms with E-state index in [1.165, 1.54) is 0 Å². The Morgan fingerprint density at radius 3 is 2.56 bits per heavy atom. The highest BCUT2D eigenvalue weighted by Crippen LogP contribution is 2.33. The van der Waals surface area contributed by atoms with E-state index in [4.69, 9.17) is 4.74 Å². The summed E-state index contributed by atoms with van der Waals surface area (Å²) in [6.07, 6.45) is 0.709. The molecule has 0 aliphatic carbocycles. The van der Waals surface area contributed by atoms with Gasteiger partial charge in [0, 0.05) is 16.8 Å². The number of Topliss-reactive ketones (excluding diaryl/α,β-unsaturated/α-hetero) is 1. The van der Waals surface area contributed by atoms with Gasteiger partial charge in [-0.25, -0.2) is 0 Å². The van der Waals surface area contributed by atoms with Crippen molar-refractivity contribution in [1.82, 2.24) is 0 Å². The molecule has 1 aromatic carbocycles. The molecule has 3 heteroatoms. The van der Waals surface area contributed by atoms with Gasteiger partial charge in [0.15, 0.2) is 0 Å². The maximum atomic E-state index is 12.4. The third-order valence-electron chi connectivity index (χ3n) is 3.88. The summed E-state index contributed by atoms with van der Waals surface area (Å²) in [6.45, 7) is 6.16. The monoisotopic (exact) mass is 310 g/mol. The number of hydrogen-bond acceptors (Lipinski definition) is 2. The van der Waals surface area contributed by atoms with Crippen LogP contribution >= 0.6 is 15.9 Å². The third kappa shape index (κ3) is 2.83. The molecule has 0 bridgehead atoms. The van der Waals surface area contributed by atoms with Gasteiger partial charge < -0.3 is 4.74 Å². The molecule has 0 radical (unpaired) electrons. The van der Waals surface area contributed by atoms with Crippen LogP contribution in [0.2, 0.25) is 0 Å². The number of halogens is 1. The van der Waals surface area contributed by atoms with E-state index in [2.05, 4.69) is 22.9 Å². The molecule has 0 N–H and O–H groups in total. The Kier molecular flexibility index (Phi) is 4.23. The van der Waals surface area contributed by atoms with Crippen molar-refractivity contribution in [2.45, 2.75) is 39.4 Å². The fourth-order valence-corrected chi connectivity index (χ4v) is 3.23. The van der Waals surface area contributed by atoms with Crippen LogP contribution in [0.5, 0.6) is 0 Å². The maximum absolute atomic E-state index is 12.4. The zero-order chi connectivity index (χ0) is 13.3. The van der Waals surface area contributed by atoms with E-state index in [1.54, 1.807) is 0 Å². The van der Waals surface area contributed by atoms with Crippen LogP contribution in [0.25, 0.3) is 0 Å². The molecule has 0 amide bonds. The Morgan fingerprint density at radius 1 is 1.28 bits per heavy atom. The van der Waals surface area contributed by atoms with Gasteiger partial charge in [0.2, 0.25) is 0 Å². The Balaban J connectivity index is 2.08. The smallest absolute Gasteiger partial charge is 0.143 e. The predicted molar refractivity (Wildman–Crippen MR) is 75.5 cm³/mol. The van der Waals surface area contributed by atoms with Crippen LogP contribution in [0, 0.1) is 11.8 Å². The molecule has 1 aliphatic rings. The average molecular weight is 311 g/mol. The second kappa shape index (κ2) is 5.54. The summed E-state index contributed by atoms with van der Waals surface area (Å²) in [7, 11) is 0. The lowest BCUT2D eigenvalue weighted by atomic mass is 9.84. The summed E-state index contributed by atoms with van der Waals surface area (Å²) in [5, 5.41) is 0. The summed E-state index contributed by atoms with van der Waals surface area (Å²) in [6, 6.07) is 7.94. The topological polar surface area (TPSA) is 26.3 Å². The van der Waals surface area contributed by atoms with Gasteiger partial charge in [0.25, 0.3) is 0 Å². The molecule has 98 valence electrons. The van der Waals surface area contributed by atoms with Crippen molar-refractivity contribution < 1.29 is 9.53 Å². The van der Waals surface area contributed by atoms with Crippen LogP contribution < -0.4 is 0 Å². The first kappa shape index (κ1) is 13.8. The highest BCUT2D eigenvalue weighted by molar-refractivity contribution is 9.10. The molecule has 1 aliphatic heterocycles. The molecular formula is C15H19BrO2. The van der Waals surface area contributed by atoms with Gasteiger partial charge in [0.1, 0.15) is 5.78 Å². The summed E-state index contributed by atoms with van der Waals surface area (Å²) in [4.78, 5) is 12.4. The minimum Gasteiger partial charge on any atom is -0.375 e. The lowest BCUT2D eigenvalue weighted by molar-refractivity contribution is -0.124. The molecule has 4 atom stereocenters. The minimum atomic E-state index is 0.0268. The average Bonchev–Trinajstić information content (AvgIpc) is 2.53. The van der Waals surface area contributed by atoms with E-state index >= 15 is 0 Å². The number of carbonyl (C=O) groups excluding carboxylic acids is 1. The first-order chi connectivity index (χ1) is 8.49. The summed E-state index contributed by atoms with van der Waals surface area (Å²) >= 11 is 3.43. The van der Waals surface area contributed by atoms with Crippen LogP contribution in [0.15, 0.2) is 28.7 Å². The Labute approximate surface area is 117 Å². The first-order valence-corrected chi connectivity index (χ1v) is 7.21. The van der Waals surface area contributed by atoms with Crippen molar-refractivity contribution in [3.63, 3.8) is 0 Å². The van der Waals surface area contributed by atoms with Gasteiger partial charge in [-0.05, 0) is 37.5 Å². The molecular weight excluding hydrogens is 292 g/mol. The van der Waals surface area contributed by atoms with Crippen molar-refractivity contribution in [1.29, 1.82) is 0 Å². The third-order valence-corrected chi connectivity index (χ3v) is 4.37. The van der Waals surface area contributed by atoms with Crippen molar-refractivity contribution >= 4 is 21.7 Å². The van der Waals surface area contributed by atoms with E-state index in [1.807, 2.05) is 38.1 Å². The zero-order valence-electron chi connectivity index (χ0n) is 11.0. The number of ether oxygens (including phenoxy) is 1. The molecule has 2 rings (SSSR count). The molecule has 1 heterocycles. The largest absolute Gasteiger partial charge is 0.375 e. The van der Waals surface area contributed by atoms with Gasteiger partial charge in [0.05, 0.1) is 12.2 Å². The number of rotatable bonds is 3. The van der Waals surface area contributed by atoms with Gasteiger partial charge in [-0.2, -0.15) is 0 Å². The number of hydrogen-bond donors (Lipinski definition) is 0. The molecule has 0 spiro atoms. The molecule has 4 unspecified atom stereocenters. The van der Waals surface area contributed by atoms with Crippen molar-refractivity contribution in [2.75, 3.05) is 0 Å². The molecule has 18 heavy (non-hydrogen) atoms. The van der Waals surface area contributed by atoms with E-state index in [0.29, 0.717) is 12.3 Å². The standard InChI is InChI=1S/C15H19BrO2/c1-9-10(2)18-11(3)15(9)14(17)8-12-5-4-6-13(16)7-12/h4-7,9-11,15H,8H2,1-3H3. The second-order valence-electron chi connectivity index (χ2n) is 5.20. The minimum absolute atomic E-state index is 0.0268. The Bertz CT molecular complexity index is 444. The summed E-state index contributed by atoms with van der Waals surface area (Å²) in [5.74, 6) is 0.621. The lowest BCUT2D eigenvalue weighted by Gasteiger charge is -2.17. The van der Waals surface area contributed by atoms with Crippen molar-refractivity contribution in [2.24, 2.45) is 11.8 Å². The van der Waals surface area contributed by atoms with Crippen LogP contribution in [-0.2, 0) is 16.0 Å². The van der Waals surface area contributed by atoms with Gasteiger partial charge in [-0.1, -0.05) is 35.0 Å². The number of carbonyl (C=O) groups is 1. The SMILES string of the molecule is CC1OC(C)C(C(=O)Cc2cccc(Br)c2)C1C. The van der Waals surface area contributed by atoms with E-state index in [-0.39, 0.29) is 23.9 Å². The van der Waals surface area contributed by atoms with Crippen LogP contribution in [-0.4, -0.2) is 18.0 Å². The predicted octanol–water partition coefficient (Wildman–Crippen LogP) is 3.62. The normalized spacial score (nSPS) is 31.6. The molecule has 1 fully saturated rings. The highest BCUT2D eigenvalue weighted by atomic mass is 79.9. The van der Waals surface area contributed by atoms with E-state index in [9.17, 15) is 4.79 Å². The number of benzene rings is 1. The number of ketones is 1. The van der Waals surface area contributed by atoms with Gasteiger partial charge >= 0.3 is 0 Å². The lowest BCUT2D eigenvalue weighted by Crippen LogP contribution is -2.28. The van der Waals surface area contributed by atoms with E-state index in [0.717, 1.165) is 10.0 Å². The van der Waals surface area contributed by atoms with Crippen LogP contribution in [0.1, 0.15) is 26.3 Å². The molecule has 0 aromatic heterocycles. The van der Waals surface area contributed by atoms with Gasteiger partial charge in [-0.15, -0.1) is 0 Å². The fourth-order valence-electron chi connectivity index (χ4n) is 2.79. The van der Waals surface area contributed by atoms with Crippen molar-refractivity contribution in [3.05, 3.63) is 34.3 Å². The molecule has 0 saturated carbocycles. The van der Waals surface area contributed by atoms with Gasteiger partial charge in [-0.3, -0.25) is 4.79 Å². The maximum Gasteiger partial charge on any atom is 0.143 e. The van der Waals surface area contributed by atoms with Crippen LogP contribution in [0.4, 0.5) is 0 Å². The molecule has 1 aromatic rings. The second-order valence-corrected chi connectivity index (χ2v) is 6.12. The zero-order valence-corrected chi connectivity index (χ0v) is 12.6. The summed E-state index contributed by atoms with van der Waals surface area (Å²) in [5.41, 5.74) is 1.06. The fraction of sp³-hybridized carbons (Fsp3) is 0.533. The highest BCUT2D eigenvalue weighted by Gasteiger charge is 2.40. The summed E-state index contributed by atoms with van der Waals surface area (Å²) < 4.78 is 6.76. The van der Waals surface area contributed by atoms with Crippen molar-refractivity contribution in [3.8, 4) is 0 Å². The molecule has 2 nitrogen and oxygen atoms in total. The Morgan fingerprint density at radius 2 is 2.00 bits per heavy atom. The first-order valence-electron chi connectivity index (χ1n) is 6.41. The Hall–Kier alpha value is -0.670. The van der Waals surface area contributed by atoms with Crippen LogP contribution in [0.3, 0.4) is 0 Å². The van der Waals surface area contributed by atoms with E-state index < -0.39 is 0 Å². The quantitative estimate of drug-likeness (QED) is 0.852.